The molecule has 6 nitrogen and oxygen atoms in total. The summed E-state index contributed by atoms with van der Waals surface area (Å²) in [4.78, 5) is 11.3. The molecule has 4 rings (SSSR count). The number of halogens is 1. The lowest BCUT2D eigenvalue weighted by molar-refractivity contribution is 0.483. The van der Waals surface area contributed by atoms with E-state index in [9.17, 15) is 0 Å². The molecular weight excluding hydrogens is 501 g/mol. The monoisotopic (exact) mass is 529 g/mol. The van der Waals surface area contributed by atoms with Crippen LogP contribution in [0.1, 0.15) is 24.8 Å². The fraction of sp³-hybridized carbons (Fsp3) is 0.250. The number of hydrogen-bond acceptors (Lipinski definition) is 4. The third kappa shape index (κ3) is 6.85. The Balaban J connectivity index is 0.00000272. The highest BCUT2D eigenvalue weighted by atomic mass is 127. The molecule has 1 aromatic heterocycles. The molecule has 0 unspecified atom stereocenters. The van der Waals surface area contributed by atoms with Gasteiger partial charge in [0.25, 0.3) is 0 Å². The molecule has 3 aromatic rings. The van der Waals surface area contributed by atoms with Crippen LogP contribution in [0, 0.1) is 0 Å². The van der Waals surface area contributed by atoms with E-state index in [4.69, 9.17) is 10.5 Å². The van der Waals surface area contributed by atoms with Gasteiger partial charge in [0.2, 0.25) is 0 Å². The molecule has 0 atom stereocenters. The molecule has 1 fully saturated rings. The number of nitrogens with one attached hydrogen (secondary N) is 1. The van der Waals surface area contributed by atoms with Gasteiger partial charge in [-0.05, 0) is 61.2 Å². The predicted molar refractivity (Wildman–Crippen MR) is 138 cm³/mol. The van der Waals surface area contributed by atoms with Crippen LogP contribution in [0.25, 0.3) is 0 Å². The molecule has 1 aliphatic rings. The number of guanidine groups is 1. The van der Waals surface area contributed by atoms with Crippen LogP contribution in [-0.4, -0.2) is 24.0 Å². The van der Waals surface area contributed by atoms with Crippen LogP contribution in [0.2, 0.25) is 0 Å². The Bertz CT molecular complexity index is 990. The molecule has 0 amide bonds. The van der Waals surface area contributed by atoms with Gasteiger partial charge in [0.1, 0.15) is 17.3 Å². The smallest absolute Gasteiger partial charge is 0.193 e. The lowest BCUT2D eigenvalue weighted by atomic mass is 10.1. The maximum absolute atomic E-state index is 6.11. The summed E-state index contributed by atoms with van der Waals surface area (Å²) in [6.07, 6.45) is 5.62. The molecule has 1 aliphatic heterocycles. The molecule has 0 saturated carbocycles. The van der Waals surface area contributed by atoms with Crippen molar-refractivity contribution in [2.24, 2.45) is 10.7 Å². The van der Waals surface area contributed by atoms with E-state index in [1.54, 1.807) is 0 Å². The van der Waals surface area contributed by atoms with Crippen LogP contribution in [0.3, 0.4) is 0 Å². The summed E-state index contributed by atoms with van der Waals surface area (Å²) in [5.41, 5.74) is 8.03. The van der Waals surface area contributed by atoms with Crippen LogP contribution in [0.15, 0.2) is 77.9 Å². The number of nitrogens with zero attached hydrogens (tertiary/aromatic N) is 3. The van der Waals surface area contributed by atoms with E-state index >= 15 is 0 Å². The van der Waals surface area contributed by atoms with Crippen molar-refractivity contribution in [2.45, 2.75) is 25.8 Å². The van der Waals surface area contributed by atoms with Gasteiger partial charge in [0.15, 0.2) is 5.96 Å². The van der Waals surface area contributed by atoms with Crippen molar-refractivity contribution >= 4 is 41.4 Å². The van der Waals surface area contributed by atoms with E-state index < -0.39 is 0 Å². The number of nitrogens with two attached hydrogens (primary N) is 1. The number of para-hydroxylation sites is 1. The van der Waals surface area contributed by atoms with Gasteiger partial charge >= 0.3 is 0 Å². The number of aliphatic imine (C=N–C) groups is 1. The van der Waals surface area contributed by atoms with Crippen molar-refractivity contribution in [1.29, 1.82) is 0 Å². The SMILES string of the molecule is I.NC(=NCc1ccnc(N2CCCCC2)c1)Nc1cccc(Oc2ccccc2)c1. The molecule has 162 valence electrons. The normalized spacial score (nSPS) is 13.9. The Morgan fingerprint density at radius 3 is 2.55 bits per heavy atom. The molecule has 2 heterocycles. The van der Waals surface area contributed by atoms with Gasteiger partial charge in [-0.1, -0.05) is 24.3 Å². The largest absolute Gasteiger partial charge is 0.457 e. The second-order valence-electron chi connectivity index (χ2n) is 7.34. The molecule has 31 heavy (non-hydrogen) atoms. The molecule has 1 saturated heterocycles. The van der Waals surface area contributed by atoms with E-state index in [1.165, 1.54) is 19.3 Å². The number of piperidine rings is 1. The van der Waals surface area contributed by atoms with E-state index in [2.05, 4.69) is 26.3 Å². The van der Waals surface area contributed by atoms with Crippen molar-refractivity contribution in [2.75, 3.05) is 23.3 Å². The minimum atomic E-state index is 0. The molecule has 7 heteroatoms. The molecule has 0 aliphatic carbocycles. The lowest BCUT2D eigenvalue weighted by Crippen LogP contribution is -2.30. The average molecular weight is 529 g/mol. The van der Waals surface area contributed by atoms with Gasteiger partial charge in [0.05, 0.1) is 6.54 Å². The minimum absolute atomic E-state index is 0. The summed E-state index contributed by atoms with van der Waals surface area (Å²) in [6.45, 7) is 2.65. The number of aromatic nitrogens is 1. The minimum Gasteiger partial charge on any atom is -0.457 e. The van der Waals surface area contributed by atoms with E-state index in [0.29, 0.717) is 12.5 Å². The number of hydrogen-bond donors (Lipinski definition) is 2. The van der Waals surface area contributed by atoms with Crippen LogP contribution in [0.4, 0.5) is 11.5 Å². The number of rotatable bonds is 6. The second-order valence-corrected chi connectivity index (χ2v) is 7.34. The molecule has 3 N–H and O–H groups in total. The third-order valence-electron chi connectivity index (χ3n) is 5.01. The van der Waals surface area contributed by atoms with Gasteiger partial charge in [-0.2, -0.15) is 0 Å². The number of benzene rings is 2. The zero-order valence-electron chi connectivity index (χ0n) is 17.4. The first-order valence-corrected chi connectivity index (χ1v) is 10.4. The zero-order valence-corrected chi connectivity index (χ0v) is 19.7. The van der Waals surface area contributed by atoms with Crippen molar-refractivity contribution in [3.05, 3.63) is 78.5 Å². The summed E-state index contributed by atoms with van der Waals surface area (Å²) in [5.74, 6) is 2.92. The maximum atomic E-state index is 6.11. The van der Waals surface area contributed by atoms with Gasteiger partial charge in [-0.3, -0.25) is 0 Å². The Labute approximate surface area is 200 Å². The highest BCUT2D eigenvalue weighted by molar-refractivity contribution is 14.0. The summed E-state index contributed by atoms with van der Waals surface area (Å²) >= 11 is 0. The van der Waals surface area contributed by atoms with Gasteiger partial charge in [-0.25, -0.2) is 9.98 Å². The number of pyridine rings is 1. The molecular formula is C24H28IN5O. The Morgan fingerprint density at radius 2 is 1.74 bits per heavy atom. The second kappa shape index (κ2) is 11.5. The van der Waals surface area contributed by atoms with Crippen molar-refractivity contribution in [1.82, 2.24) is 4.98 Å². The Morgan fingerprint density at radius 1 is 0.968 bits per heavy atom. The van der Waals surface area contributed by atoms with E-state index in [0.717, 1.165) is 41.7 Å². The predicted octanol–water partition coefficient (Wildman–Crippen LogP) is 5.41. The van der Waals surface area contributed by atoms with Gasteiger partial charge in [-0.15, -0.1) is 24.0 Å². The first-order valence-electron chi connectivity index (χ1n) is 10.4. The summed E-state index contributed by atoms with van der Waals surface area (Å²) in [5, 5.41) is 3.14. The number of ether oxygens (including phenoxy) is 1. The molecule has 0 bridgehead atoms. The van der Waals surface area contributed by atoms with Crippen molar-refractivity contribution in [3.63, 3.8) is 0 Å². The van der Waals surface area contributed by atoms with Crippen LogP contribution in [0.5, 0.6) is 11.5 Å². The Hall–Kier alpha value is -2.81. The first kappa shape index (κ1) is 22.9. The quantitative estimate of drug-likeness (QED) is 0.254. The summed E-state index contributed by atoms with van der Waals surface area (Å²) < 4.78 is 5.87. The third-order valence-corrected chi connectivity index (χ3v) is 5.01. The zero-order chi connectivity index (χ0) is 20.6. The van der Waals surface area contributed by atoms with Crippen molar-refractivity contribution in [3.8, 4) is 11.5 Å². The van der Waals surface area contributed by atoms with Gasteiger partial charge in [0, 0.05) is 31.0 Å². The van der Waals surface area contributed by atoms with E-state index in [-0.39, 0.29) is 24.0 Å². The van der Waals surface area contributed by atoms with Crippen LogP contribution < -0.4 is 20.7 Å². The standard InChI is InChI=1S/C24H27N5O.HI/c25-24(27-18-19-12-13-26-23(16-19)29-14-5-2-6-15-29)28-20-8-7-11-22(17-20)30-21-9-3-1-4-10-21;/h1,3-4,7-13,16-17H,2,5-6,14-15,18H2,(H3,25,27,28);1H. The Kier molecular flexibility index (Phi) is 8.52. The first-order chi connectivity index (χ1) is 14.8. The molecule has 2 aromatic carbocycles. The molecule has 0 radical (unpaired) electrons. The fourth-order valence-corrected chi connectivity index (χ4v) is 3.48. The van der Waals surface area contributed by atoms with Crippen LogP contribution >= 0.6 is 24.0 Å². The maximum Gasteiger partial charge on any atom is 0.193 e. The van der Waals surface area contributed by atoms with Gasteiger partial charge < -0.3 is 20.7 Å². The highest BCUT2D eigenvalue weighted by Gasteiger charge is 2.12. The highest BCUT2D eigenvalue weighted by Crippen LogP contribution is 2.24. The lowest BCUT2D eigenvalue weighted by Gasteiger charge is -2.27. The fourth-order valence-electron chi connectivity index (χ4n) is 3.48. The molecule has 0 spiro atoms. The topological polar surface area (TPSA) is 75.8 Å². The summed E-state index contributed by atoms with van der Waals surface area (Å²) in [7, 11) is 0. The van der Waals surface area contributed by atoms with E-state index in [1.807, 2.05) is 66.9 Å². The average Bonchev–Trinajstić information content (AvgIpc) is 2.79. The summed E-state index contributed by atoms with van der Waals surface area (Å²) in [6, 6.07) is 21.4. The number of anilines is 2. The van der Waals surface area contributed by atoms with Crippen molar-refractivity contribution < 1.29 is 4.74 Å². The van der Waals surface area contributed by atoms with Crippen LogP contribution in [-0.2, 0) is 6.54 Å².